The van der Waals surface area contributed by atoms with Crippen molar-refractivity contribution in [2.24, 2.45) is 0 Å². The van der Waals surface area contributed by atoms with Crippen LogP contribution < -0.4 is 39.9 Å². The Morgan fingerprint density at radius 1 is 0.469 bits per heavy atom. The van der Waals surface area contributed by atoms with Crippen LogP contribution in [0.2, 0.25) is 20.9 Å². The molecule has 2 fully saturated rings. The number of anilines is 2. The van der Waals surface area contributed by atoms with Gasteiger partial charge in [-0.1, -0.05) is 23.2 Å². The topological polar surface area (TPSA) is 186 Å². The van der Waals surface area contributed by atoms with Crippen molar-refractivity contribution in [3.05, 3.63) is 114 Å². The molecule has 0 atom stereocenters. The number of aromatic amines is 2. The van der Waals surface area contributed by atoms with Gasteiger partial charge in [0.15, 0.2) is 0 Å². The standard InChI is InChI=1S/C13H14ClN3O.C13H15N3O2.C9H6Cl2N2O.C9H7ClN2O2/c1-18-9-4-5-10-11(8-9)15-13(16-12(10)14)17-6-2-3-7-17;1-18-9-4-5-10-11(8-9)14-13(15-12(10)17)16-6-2-3-7-16;1-14-5-2-3-6-7(4-5)12-9(11)13-8(6)10;1-14-5-2-3-6-7(4-5)11-9(10)12-8(6)13/h4-5,8H,2-3,6-7H2,1H3;4-5,8H,2-3,6-7H2,1H3,(H,14,15,17);2-4H,1H3;2-4H,1H3,(H,11,12,13). The quantitative estimate of drug-likeness (QED) is 0.119. The Hall–Kier alpha value is -6.20. The molecule has 2 aliphatic rings. The second kappa shape index (κ2) is 21.0. The van der Waals surface area contributed by atoms with E-state index in [2.05, 4.69) is 49.7 Å². The van der Waals surface area contributed by atoms with Crippen LogP contribution >= 0.6 is 46.4 Å². The largest absolute Gasteiger partial charge is 0.497 e. The van der Waals surface area contributed by atoms with Crippen molar-refractivity contribution in [1.82, 2.24) is 39.9 Å². The maximum absolute atomic E-state index is 12.0. The van der Waals surface area contributed by atoms with Gasteiger partial charge >= 0.3 is 0 Å². The normalized spacial score (nSPS) is 13.2. The molecule has 0 amide bonds. The number of aromatic nitrogens is 8. The van der Waals surface area contributed by atoms with Crippen molar-refractivity contribution in [2.75, 3.05) is 64.4 Å². The summed E-state index contributed by atoms with van der Waals surface area (Å²) in [5.74, 6) is 4.24. The molecule has 2 aliphatic heterocycles. The van der Waals surface area contributed by atoms with Crippen LogP contribution in [0.1, 0.15) is 25.7 Å². The first-order valence-corrected chi connectivity index (χ1v) is 21.5. The first-order valence-electron chi connectivity index (χ1n) is 20.0. The molecule has 20 heteroatoms. The van der Waals surface area contributed by atoms with E-state index >= 15 is 0 Å². The Bertz CT molecular complexity index is 3050. The summed E-state index contributed by atoms with van der Waals surface area (Å²) in [7, 11) is 6.39. The Kier molecular flexibility index (Phi) is 15.0. The summed E-state index contributed by atoms with van der Waals surface area (Å²) in [6.07, 6.45) is 4.69. The van der Waals surface area contributed by atoms with Crippen LogP contribution in [0.25, 0.3) is 43.6 Å². The van der Waals surface area contributed by atoms with Crippen LogP contribution in [0.5, 0.6) is 23.0 Å². The van der Waals surface area contributed by atoms with Crippen LogP contribution in [-0.2, 0) is 0 Å². The number of ether oxygens (including phenoxy) is 4. The molecule has 2 saturated heterocycles. The van der Waals surface area contributed by atoms with E-state index in [0.29, 0.717) is 60.8 Å². The van der Waals surface area contributed by atoms with Gasteiger partial charge in [0, 0.05) is 61.2 Å². The summed E-state index contributed by atoms with van der Waals surface area (Å²) in [5, 5.41) is 3.78. The van der Waals surface area contributed by atoms with Gasteiger partial charge in [0.2, 0.25) is 22.5 Å². The lowest BCUT2D eigenvalue weighted by Crippen LogP contribution is -2.23. The molecule has 64 heavy (non-hydrogen) atoms. The number of hydrogen-bond acceptors (Lipinski definition) is 14. The number of methoxy groups -OCH3 is 4. The van der Waals surface area contributed by atoms with E-state index in [9.17, 15) is 9.59 Å². The van der Waals surface area contributed by atoms with E-state index in [4.69, 9.17) is 65.4 Å². The van der Waals surface area contributed by atoms with Crippen molar-refractivity contribution < 1.29 is 18.9 Å². The van der Waals surface area contributed by atoms with E-state index < -0.39 is 0 Å². The molecule has 0 spiro atoms. The summed E-state index contributed by atoms with van der Waals surface area (Å²) in [6, 6.07) is 21.3. The number of fused-ring (bicyclic) bond motifs is 4. The number of rotatable bonds is 6. The zero-order valence-corrected chi connectivity index (χ0v) is 38.1. The fourth-order valence-electron chi connectivity index (χ4n) is 6.95. The van der Waals surface area contributed by atoms with Gasteiger partial charge in [0.25, 0.3) is 11.1 Å². The number of nitrogens with one attached hydrogen (secondary N) is 2. The minimum atomic E-state index is -0.248. The highest BCUT2D eigenvalue weighted by molar-refractivity contribution is 6.35. The lowest BCUT2D eigenvalue weighted by molar-refractivity contribution is 0.415. The fraction of sp³-hybridized carbons (Fsp3) is 0.273. The van der Waals surface area contributed by atoms with Crippen molar-refractivity contribution in [3.63, 3.8) is 0 Å². The van der Waals surface area contributed by atoms with Gasteiger partial charge in [-0.05, 0) is 97.4 Å². The maximum atomic E-state index is 12.0. The van der Waals surface area contributed by atoms with E-state index in [1.807, 2.05) is 18.2 Å². The van der Waals surface area contributed by atoms with Gasteiger partial charge in [-0.25, -0.2) is 29.9 Å². The van der Waals surface area contributed by atoms with Crippen LogP contribution in [0, 0.1) is 0 Å². The van der Waals surface area contributed by atoms with Gasteiger partial charge in [0.05, 0.1) is 61.3 Å². The predicted octanol–water partition coefficient (Wildman–Crippen LogP) is 8.95. The molecule has 0 unspecified atom stereocenters. The SMILES string of the molecule is COc1ccc2c(=O)[nH]c(Cl)nc2c1.COc1ccc2c(=O)[nH]c(N3CCCC3)nc2c1.COc1ccc2c(Cl)nc(Cl)nc2c1.COc1ccc2c(Cl)nc(N3CCCC3)nc2c1. The maximum Gasteiger partial charge on any atom is 0.260 e. The van der Waals surface area contributed by atoms with Crippen LogP contribution in [-0.4, -0.2) is 94.5 Å². The Morgan fingerprint density at radius 3 is 1.38 bits per heavy atom. The molecule has 0 saturated carbocycles. The predicted molar refractivity (Wildman–Crippen MR) is 253 cm³/mol. The average Bonchev–Trinajstić information content (AvgIpc) is 4.05. The molecule has 0 bridgehead atoms. The smallest absolute Gasteiger partial charge is 0.260 e. The molecule has 0 radical (unpaired) electrons. The van der Waals surface area contributed by atoms with E-state index in [-0.39, 0.29) is 21.7 Å². The second-order valence-electron chi connectivity index (χ2n) is 14.3. The summed E-state index contributed by atoms with van der Waals surface area (Å²) in [6.45, 7) is 3.93. The van der Waals surface area contributed by atoms with Crippen LogP contribution in [0.15, 0.2) is 82.4 Å². The van der Waals surface area contributed by atoms with Crippen LogP contribution in [0.3, 0.4) is 0 Å². The first-order chi connectivity index (χ1) is 31.0. The average molecular weight is 949 g/mol. The molecule has 2 N–H and O–H groups in total. The lowest BCUT2D eigenvalue weighted by Gasteiger charge is -2.16. The highest BCUT2D eigenvalue weighted by atomic mass is 35.5. The van der Waals surface area contributed by atoms with Crippen molar-refractivity contribution in [1.29, 1.82) is 0 Å². The molecule has 10 rings (SSSR count). The van der Waals surface area contributed by atoms with Crippen molar-refractivity contribution in [3.8, 4) is 23.0 Å². The van der Waals surface area contributed by atoms with Gasteiger partial charge in [-0.2, -0.15) is 0 Å². The van der Waals surface area contributed by atoms with Crippen molar-refractivity contribution in [2.45, 2.75) is 25.7 Å². The van der Waals surface area contributed by atoms with Crippen molar-refractivity contribution >= 4 is 102 Å². The van der Waals surface area contributed by atoms with Crippen LogP contribution in [0.4, 0.5) is 11.9 Å². The number of benzene rings is 4. The minimum absolute atomic E-state index is 0.0794. The molecule has 16 nitrogen and oxygen atoms in total. The molecule has 332 valence electrons. The van der Waals surface area contributed by atoms with E-state index in [1.165, 1.54) is 12.8 Å². The fourth-order valence-corrected chi connectivity index (χ4v) is 7.82. The molecule has 6 heterocycles. The Labute approximate surface area is 386 Å². The second-order valence-corrected chi connectivity index (χ2v) is 15.7. The third-order valence-electron chi connectivity index (χ3n) is 10.3. The third kappa shape index (κ3) is 10.9. The number of halogens is 4. The summed E-state index contributed by atoms with van der Waals surface area (Å²) in [5.41, 5.74) is 2.37. The molecular weight excluding hydrogens is 906 g/mol. The lowest BCUT2D eigenvalue weighted by atomic mass is 10.2. The summed E-state index contributed by atoms with van der Waals surface area (Å²) < 4.78 is 20.4. The highest BCUT2D eigenvalue weighted by Crippen LogP contribution is 2.29. The zero-order valence-electron chi connectivity index (χ0n) is 35.1. The zero-order chi connectivity index (χ0) is 45.3. The highest BCUT2D eigenvalue weighted by Gasteiger charge is 2.18. The van der Waals surface area contributed by atoms with Gasteiger partial charge < -0.3 is 28.7 Å². The van der Waals surface area contributed by atoms with E-state index in [1.54, 1.807) is 83.0 Å². The van der Waals surface area contributed by atoms with Gasteiger partial charge in [0.1, 0.15) is 33.3 Å². The number of H-pyrrole nitrogens is 2. The Balaban J connectivity index is 0.000000129. The minimum Gasteiger partial charge on any atom is -0.497 e. The number of nitrogens with zero attached hydrogens (tertiary/aromatic N) is 8. The Morgan fingerprint density at radius 2 is 0.875 bits per heavy atom. The molecular formula is C44H42Cl4N10O6. The summed E-state index contributed by atoms with van der Waals surface area (Å²) in [4.78, 5) is 58.2. The third-order valence-corrected chi connectivity index (χ3v) is 11.2. The molecule has 4 aromatic carbocycles. The number of hydrogen-bond donors (Lipinski definition) is 2. The molecule has 0 aliphatic carbocycles. The van der Waals surface area contributed by atoms with E-state index in [0.717, 1.165) is 67.0 Å². The molecule has 8 aromatic rings. The first kappa shape index (κ1) is 45.8. The van der Waals surface area contributed by atoms with Gasteiger partial charge in [-0.3, -0.25) is 19.6 Å². The monoisotopic (exact) mass is 946 g/mol. The summed E-state index contributed by atoms with van der Waals surface area (Å²) >= 11 is 23.4. The van der Waals surface area contributed by atoms with Gasteiger partial charge in [-0.15, -0.1) is 0 Å². The molecule has 4 aromatic heterocycles.